The number of nitrogens with one attached hydrogen (secondary N) is 2. The summed E-state index contributed by atoms with van der Waals surface area (Å²) in [6.07, 6.45) is 4.33. The van der Waals surface area contributed by atoms with E-state index in [2.05, 4.69) is 16.7 Å². The molecule has 4 rings (SSSR count). The lowest BCUT2D eigenvalue weighted by Gasteiger charge is -2.29. The Balaban J connectivity index is 1.38. The average Bonchev–Trinajstić information content (AvgIpc) is 3.24. The van der Waals surface area contributed by atoms with Crippen LogP contribution in [0.2, 0.25) is 0 Å². The number of para-hydroxylation sites is 1. The van der Waals surface area contributed by atoms with Gasteiger partial charge in [-0.3, -0.25) is 9.59 Å². The van der Waals surface area contributed by atoms with Crippen molar-refractivity contribution in [2.75, 3.05) is 23.3 Å². The molecule has 27 heavy (non-hydrogen) atoms. The first-order valence-electron chi connectivity index (χ1n) is 9.72. The van der Waals surface area contributed by atoms with Gasteiger partial charge in [-0.05, 0) is 61.6 Å². The summed E-state index contributed by atoms with van der Waals surface area (Å²) in [5, 5.41) is 6.14. The first kappa shape index (κ1) is 17.7. The summed E-state index contributed by atoms with van der Waals surface area (Å²) in [5.41, 5.74) is 4.02. The summed E-state index contributed by atoms with van der Waals surface area (Å²) in [7, 11) is 0. The number of carbonyl (C=O) groups is 2. The van der Waals surface area contributed by atoms with Gasteiger partial charge in [-0.2, -0.15) is 0 Å². The van der Waals surface area contributed by atoms with Crippen molar-refractivity contribution in [3.05, 3.63) is 59.7 Å². The number of rotatable bonds is 4. The second-order valence-corrected chi connectivity index (χ2v) is 7.29. The first-order chi connectivity index (χ1) is 13.2. The van der Waals surface area contributed by atoms with Crippen LogP contribution in [0.5, 0.6) is 0 Å². The molecule has 5 nitrogen and oxygen atoms in total. The van der Waals surface area contributed by atoms with E-state index in [-0.39, 0.29) is 17.9 Å². The minimum Gasteiger partial charge on any atom is -0.325 e. The van der Waals surface area contributed by atoms with E-state index in [1.165, 1.54) is 5.56 Å². The average molecular weight is 363 g/mol. The van der Waals surface area contributed by atoms with Crippen molar-refractivity contribution in [2.24, 2.45) is 0 Å². The van der Waals surface area contributed by atoms with Gasteiger partial charge < -0.3 is 15.5 Å². The molecular weight excluding hydrogens is 338 g/mol. The van der Waals surface area contributed by atoms with E-state index in [4.69, 9.17) is 0 Å². The van der Waals surface area contributed by atoms with Crippen LogP contribution in [-0.4, -0.2) is 30.9 Å². The fraction of sp³-hybridized carbons (Fsp3) is 0.364. The van der Waals surface area contributed by atoms with Crippen molar-refractivity contribution in [3.8, 4) is 0 Å². The third kappa shape index (κ3) is 4.03. The lowest BCUT2D eigenvalue weighted by molar-refractivity contribution is -0.118. The number of anilines is 2. The van der Waals surface area contributed by atoms with Gasteiger partial charge in [0.25, 0.3) is 0 Å². The van der Waals surface area contributed by atoms with Gasteiger partial charge in [-0.25, -0.2) is 0 Å². The van der Waals surface area contributed by atoms with Gasteiger partial charge in [0, 0.05) is 17.9 Å². The molecule has 2 N–H and O–H groups in total. The van der Waals surface area contributed by atoms with Crippen molar-refractivity contribution in [1.82, 2.24) is 5.32 Å². The third-order valence-corrected chi connectivity index (χ3v) is 5.36. The second kappa shape index (κ2) is 7.92. The van der Waals surface area contributed by atoms with E-state index in [9.17, 15) is 9.59 Å². The Hall–Kier alpha value is -2.66. The number of aryl methyl sites for hydroxylation is 1. The van der Waals surface area contributed by atoms with Crippen LogP contribution >= 0.6 is 0 Å². The highest BCUT2D eigenvalue weighted by molar-refractivity contribution is 5.96. The number of benzene rings is 2. The summed E-state index contributed by atoms with van der Waals surface area (Å²) in [6.45, 7) is 1.68. The van der Waals surface area contributed by atoms with Crippen LogP contribution in [0.25, 0.3) is 0 Å². The highest BCUT2D eigenvalue weighted by Crippen LogP contribution is 2.27. The van der Waals surface area contributed by atoms with Crippen LogP contribution < -0.4 is 15.5 Å². The molecule has 0 aliphatic carbocycles. The molecule has 1 unspecified atom stereocenters. The number of fused-ring (bicyclic) bond motifs is 1. The van der Waals surface area contributed by atoms with Gasteiger partial charge in [0.2, 0.25) is 11.8 Å². The summed E-state index contributed by atoms with van der Waals surface area (Å²) >= 11 is 0. The first-order valence-corrected chi connectivity index (χ1v) is 9.72. The predicted octanol–water partition coefficient (Wildman–Crippen LogP) is 2.90. The van der Waals surface area contributed by atoms with Gasteiger partial charge in [-0.1, -0.05) is 30.3 Å². The maximum atomic E-state index is 12.8. The minimum absolute atomic E-state index is 0.0150. The minimum atomic E-state index is -0.0922. The van der Waals surface area contributed by atoms with Crippen LogP contribution in [0.15, 0.2) is 48.5 Å². The number of amides is 2. The van der Waals surface area contributed by atoms with Crippen LogP contribution in [0, 0.1) is 0 Å². The Bertz CT molecular complexity index is 826. The Kier molecular flexibility index (Phi) is 5.21. The molecule has 2 heterocycles. The van der Waals surface area contributed by atoms with Gasteiger partial charge in [-0.15, -0.1) is 0 Å². The van der Waals surface area contributed by atoms with Crippen LogP contribution in [0.3, 0.4) is 0 Å². The van der Waals surface area contributed by atoms with Crippen molar-refractivity contribution < 1.29 is 9.59 Å². The molecule has 1 saturated heterocycles. The molecule has 1 atom stereocenters. The number of hydrogen-bond acceptors (Lipinski definition) is 3. The van der Waals surface area contributed by atoms with E-state index >= 15 is 0 Å². The zero-order valence-electron chi connectivity index (χ0n) is 15.4. The topological polar surface area (TPSA) is 61.4 Å². The standard InChI is InChI=1S/C22H25N3O2/c26-21(25-14-4-6-17-5-1-2-8-20(17)25)15-16-9-11-18(12-10-16)24-22(27)19-7-3-13-23-19/h1-2,5,8-12,19,23H,3-4,6-7,13-15H2,(H,24,27). The molecule has 0 aromatic heterocycles. The smallest absolute Gasteiger partial charge is 0.241 e. The highest BCUT2D eigenvalue weighted by Gasteiger charge is 2.23. The molecule has 2 aromatic rings. The highest BCUT2D eigenvalue weighted by atomic mass is 16.2. The Morgan fingerprint density at radius 2 is 1.89 bits per heavy atom. The summed E-state index contributed by atoms with van der Waals surface area (Å²) in [6, 6.07) is 15.6. The molecule has 2 aromatic carbocycles. The molecule has 1 fully saturated rings. The zero-order valence-corrected chi connectivity index (χ0v) is 15.4. The molecule has 2 aliphatic rings. The summed E-state index contributed by atoms with van der Waals surface area (Å²) in [5.74, 6) is 0.135. The van der Waals surface area contributed by atoms with E-state index in [0.717, 1.165) is 55.7 Å². The van der Waals surface area contributed by atoms with Crippen LogP contribution in [0.1, 0.15) is 30.4 Å². The van der Waals surface area contributed by atoms with Crippen molar-refractivity contribution in [1.29, 1.82) is 0 Å². The summed E-state index contributed by atoms with van der Waals surface area (Å²) in [4.78, 5) is 26.9. The molecule has 0 saturated carbocycles. The van der Waals surface area contributed by atoms with Gasteiger partial charge >= 0.3 is 0 Å². The quantitative estimate of drug-likeness (QED) is 0.878. The SMILES string of the molecule is O=C(Nc1ccc(CC(=O)N2CCCc3ccccc32)cc1)C1CCCN1. The van der Waals surface area contributed by atoms with Crippen molar-refractivity contribution >= 4 is 23.2 Å². The zero-order chi connectivity index (χ0) is 18.6. The molecule has 2 amide bonds. The maximum Gasteiger partial charge on any atom is 0.241 e. The largest absolute Gasteiger partial charge is 0.325 e. The third-order valence-electron chi connectivity index (χ3n) is 5.36. The normalized spacial score (nSPS) is 18.8. The number of nitrogens with zero attached hydrogens (tertiary/aromatic N) is 1. The van der Waals surface area contributed by atoms with E-state index in [0.29, 0.717) is 6.42 Å². The van der Waals surface area contributed by atoms with Crippen molar-refractivity contribution in [3.63, 3.8) is 0 Å². The van der Waals surface area contributed by atoms with E-state index in [1.54, 1.807) is 0 Å². The van der Waals surface area contributed by atoms with Crippen molar-refractivity contribution in [2.45, 2.75) is 38.1 Å². The van der Waals surface area contributed by atoms with Gasteiger partial charge in [0.15, 0.2) is 0 Å². The van der Waals surface area contributed by atoms with Gasteiger partial charge in [0.1, 0.15) is 0 Å². The molecule has 0 bridgehead atoms. The Labute approximate surface area is 159 Å². The number of hydrogen-bond donors (Lipinski definition) is 2. The lowest BCUT2D eigenvalue weighted by Crippen LogP contribution is -2.36. The Morgan fingerprint density at radius 3 is 2.67 bits per heavy atom. The monoisotopic (exact) mass is 363 g/mol. The molecular formula is C22H25N3O2. The molecule has 140 valence electrons. The lowest BCUT2D eigenvalue weighted by atomic mass is 10.0. The van der Waals surface area contributed by atoms with Gasteiger partial charge in [0.05, 0.1) is 12.5 Å². The predicted molar refractivity (Wildman–Crippen MR) is 107 cm³/mol. The molecule has 5 heteroatoms. The van der Waals surface area contributed by atoms with Crippen LogP contribution in [0.4, 0.5) is 11.4 Å². The van der Waals surface area contributed by atoms with E-state index in [1.807, 2.05) is 47.4 Å². The fourth-order valence-electron chi connectivity index (χ4n) is 3.91. The Morgan fingerprint density at radius 1 is 1.07 bits per heavy atom. The number of carbonyl (C=O) groups excluding carboxylic acids is 2. The summed E-state index contributed by atoms with van der Waals surface area (Å²) < 4.78 is 0. The van der Waals surface area contributed by atoms with E-state index < -0.39 is 0 Å². The maximum absolute atomic E-state index is 12.8. The second-order valence-electron chi connectivity index (χ2n) is 7.29. The molecule has 0 spiro atoms. The molecule has 0 radical (unpaired) electrons. The van der Waals surface area contributed by atoms with Crippen LogP contribution in [-0.2, 0) is 22.4 Å². The fourth-order valence-corrected chi connectivity index (χ4v) is 3.91. The molecule has 2 aliphatic heterocycles.